The van der Waals surface area contributed by atoms with Gasteiger partial charge < -0.3 is 30.7 Å². The second-order valence-corrected chi connectivity index (χ2v) is 12.0. The van der Waals surface area contributed by atoms with E-state index < -0.39 is 59.4 Å². The Labute approximate surface area is 248 Å². The van der Waals surface area contributed by atoms with Crippen LogP contribution < -0.4 is 21.3 Å². The van der Waals surface area contributed by atoms with Crippen LogP contribution in [0.1, 0.15) is 66.4 Å². The smallest absolute Gasteiger partial charge is 0.408 e. The molecule has 1 aromatic carbocycles. The first kappa shape index (κ1) is 34.5. The Morgan fingerprint density at radius 1 is 1.02 bits per heavy atom. The number of alkyl carbamates (subject to hydrolysis) is 1. The molecular formula is C31H46N4O7. The van der Waals surface area contributed by atoms with Gasteiger partial charge in [-0.3, -0.25) is 19.2 Å². The molecule has 1 unspecified atom stereocenters. The second kappa shape index (κ2) is 16.1. The van der Waals surface area contributed by atoms with Crippen molar-refractivity contribution in [3.05, 3.63) is 48.6 Å². The molecule has 0 radical (unpaired) electrons. The molecule has 0 saturated carbocycles. The molecule has 11 heteroatoms. The lowest BCUT2D eigenvalue weighted by Crippen LogP contribution is -2.59. The van der Waals surface area contributed by atoms with Crippen LogP contribution in [0.25, 0.3) is 0 Å². The first-order chi connectivity index (χ1) is 19.7. The van der Waals surface area contributed by atoms with Crippen LogP contribution in [0.4, 0.5) is 4.79 Å². The van der Waals surface area contributed by atoms with Crippen molar-refractivity contribution in [2.24, 2.45) is 11.8 Å². The molecule has 1 aliphatic rings. The normalized spacial score (nSPS) is 17.8. The molecule has 1 aliphatic heterocycles. The predicted octanol–water partition coefficient (Wildman–Crippen LogP) is 2.78. The van der Waals surface area contributed by atoms with Gasteiger partial charge in [0.15, 0.2) is 5.78 Å². The average molecular weight is 587 g/mol. The lowest BCUT2D eigenvalue weighted by Gasteiger charge is -2.32. The van der Waals surface area contributed by atoms with Crippen molar-refractivity contribution in [2.45, 2.75) is 97.2 Å². The summed E-state index contributed by atoms with van der Waals surface area (Å²) in [4.78, 5) is 64.5. The van der Waals surface area contributed by atoms with E-state index in [1.54, 1.807) is 19.1 Å². The van der Waals surface area contributed by atoms with Crippen LogP contribution in [0.5, 0.6) is 0 Å². The van der Waals surface area contributed by atoms with Crippen LogP contribution >= 0.6 is 0 Å². The average Bonchev–Trinajstić information content (AvgIpc) is 3.32. The highest BCUT2D eigenvalue weighted by atomic mass is 16.6. The third-order valence-corrected chi connectivity index (χ3v) is 6.66. The van der Waals surface area contributed by atoms with E-state index in [0.29, 0.717) is 13.0 Å². The minimum absolute atomic E-state index is 0.000659. The number of amides is 4. The first-order valence-corrected chi connectivity index (χ1v) is 14.4. The molecule has 11 nitrogen and oxygen atoms in total. The van der Waals surface area contributed by atoms with Gasteiger partial charge in [-0.05, 0) is 64.5 Å². The molecule has 0 bridgehead atoms. The fourth-order valence-corrected chi connectivity index (χ4v) is 4.69. The molecule has 232 valence electrons. The van der Waals surface area contributed by atoms with Crippen molar-refractivity contribution in [1.29, 1.82) is 0 Å². The zero-order valence-electron chi connectivity index (χ0n) is 25.5. The van der Waals surface area contributed by atoms with Gasteiger partial charge in [0.2, 0.25) is 17.7 Å². The molecule has 4 N–H and O–H groups in total. The number of ketones is 1. The highest BCUT2D eigenvalue weighted by Gasteiger charge is 2.36. The minimum Gasteiger partial charge on any atom is -0.445 e. The quantitative estimate of drug-likeness (QED) is 0.231. The molecule has 42 heavy (non-hydrogen) atoms. The maximum Gasteiger partial charge on any atom is 0.408 e. The number of hydrogen-bond donors (Lipinski definition) is 4. The number of hydrogen-bond acceptors (Lipinski definition) is 7. The predicted molar refractivity (Wildman–Crippen MR) is 158 cm³/mol. The van der Waals surface area contributed by atoms with E-state index in [1.807, 2.05) is 52.8 Å². The maximum absolute atomic E-state index is 13.6. The fourth-order valence-electron chi connectivity index (χ4n) is 4.69. The van der Waals surface area contributed by atoms with Gasteiger partial charge in [0.25, 0.3) is 0 Å². The topological polar surface area (TPSA) is 152 Å². The number of rotatable bonds is 15. The van der Waals surface area contributed by atoms with E-state index in [9.17, 15) is 24.0 Å². The highest BCUT2D eigenvalue weighted by Crippen LogP contribution is 2.18. The summed E-state index contributed by atoms with van der Waals surface area (Å²) in [6.45, 7) is 14.9. The molecule has 4 amide bonds. The summed E-state index contributed by atoms with van der Waals surface area (Å²) in [5, 5.41) is 10.8. The summed E-state index contributed by atoms with van der Waals surface area (Å²) in [7, 11) is 0. The Bertz CT molecular complexity index is 1100. The Morgan fingerprint density at radius 3 is 2.21 bits per heavy atom. The Kier molecular flexibility index (Phi) is 13.2. The molecule has 1 fully saturated rings. The molecule has 1 saturated heterocycles. The number of nitrogens with one attached hydrogen (secondary N) is 4. The van der Waals surface area contributed by atoms with Crippen LogP contribution in [0.15, 0.2) is 43.0 Å². The molecule has 0 spiro atoms. The van der Waals surface area contributed by atoms with Crippen molar-refractivity contribution >= 4 is 29.6 Å². The van der Waals surface area contributed by atoms with Gasteiger partial charge in [0.1, 0.15) is 18.7 Å². The van der Waals surface area contributed by atoms with Gasteiger partial charge in [-0.1, -0.05) is 50.8 Å². The summed E-state index contributed by atoms with van der Waals surface area (Å²) in [6.07, 6.45) is 0.448. The van der Waals surface area contributed by atoms with E-state index in [0.717, 1.165) is 11.6 Å². The third kappa shape index (κ3) is 11.6. The zero-order chi connectivity index (χ0) is 31.4. The highest BCUT2D eigenvalue weighted by molar-refractivity contribution is 5.98. The van der Waals surface area contributed by atoms with E-state index in [4.69, 9.17) is 9.47 Å². The largest absolute Gasteiger partial charge is 0.445 e. The summed E-state index contributed by atoms with van der Waals surface area (Å²) in [5.41, 5.74) is 0.146. The third-order valence-electron chi connectivity index (χ3n) is 6.66. The SMILES string of the molecule is C=CC(=O)[C@H](C[C@@H]1CCNC1=O)NC(=O)[C@H](CC(C)C)NC(=O)[C@@H](NC(=O)OCc1ccccc1)C(C)OC(C)(C)C. The Morgan fingerprint density at radius 2 is 1.67 bits per heavy atom. The van der Waals surface area contributed by atoms with E-state index in [-0.39, 0.29) is 31.3 Å². The summed E-state index contributed by atoms with van der Waals surface area (Å²) < 4.78 is 11.3. The number of ether oxygens (including phenoxy) is 2. The van der Waals surface area contributed by atoms with Crippen LogP contribution in [-0.2, 0) is 35.3 Å². The van der Waals surface area contributed by atoms with Gasteiger partial charge in [-0.15, -0.1) is 0 Å². The minimum atomic E-state index is -1.19. The maximum atomic E-state index is 13.6. The van der Waals surface area contributed by atoms with Gasteiger partial charge in [0.05, 0.1) is 17.7 Å². The molecule has 5 atom stereocenters. The first-order valence-electron chi connectivity index (χ1n) is 14.4. The fraction of sp³-hybridized carbons (Fsp3) is 0.581. The van der Waals surface area contributed by atoms with Gasteiger partial charge in [0, 0.05) is 12.5 Å². The molecule has 0 aromatic heterocycles. The van der Waals surface area contributed by atoms with Crippen LogP contribution in [0, 0.1) is 11.8 Å². The zero-order valence-corrected chi connectivity index (χ0v) is 25.5. The second-order valence-electron chi connectivity index (χ2n) is 12.0. The lowest BCUT2D eigenvalue weighted by atomic mass is 9.95. The standard InChI is InChI=1S/C31H46N4O7/c1-8-25(36)23(17-22-14-15-32-27(22)37)33-28(38)24(16-19(2)3)34-29(39)26(20(4)42-31(5,6)7)35-30(40)41-18-21-12-10-9-11-13-21/h8-13,19-20,22-24,26H,1,14-18H2,2-7H3,(H,32,37)(H,33,38)(H,34,39)(H,35,40)/t20?,22-,23-,24-,26-/m0/s1. The van der Waals surface area contributed by atoms with E-state index in [2.05, 4.69) is 27.8 Å². The van der Waals surface area contributed by atoms with Crippen molar-refractivity contribution in [3.8, 4) is 0 Å². The Hall–Kier alpha value is -3.73. The van der Waals surface area contributed by atoms with Crippen molar-refractivity contribution in [1.82, 2.24) is 21.3 Å². The van der Waals surface area contributed by atoms with Crippen LogP contribution in [0.2, 0.25) is 0 Å². The summed E-state index contributed by atoms with van der Waals surface area (Å²) in [5.74, 6) is -2.23. The van der Waals surface area contributed by atoms with E-state index >= 15 is 0 Å². The van der Waals surface area contributed by atoms with Crippen molar-refractivity contribution in [2.75, 3.05) is 6.54 Å². The van der Waals surface area contributed by atoms with Crippen molar-refractivity contribution in [3.63, 3.8) is 0 Å². The molecule has 2 rings (SSSR count). The molecular weight excluding hydrogens is 540 g/mol. The van der Waals surface area contributed by atoms with Gasteiger partial charge >= 0.3 is 6.09 Å². The van der Waals surface area contributed by atoms with Crippen LogP contribution in [0.3, 0.4) is 0 Å². The monoisotopic (exact) mass is 586 g/mol. The van der Waals surface area contributed by atoms with Gasteiger partial charge in [-0.2, -0.15) is 0 Å². The Balaban J connectivity index is 2.19. The summed E-state index contributed by atoms with van der Waals surface area (Å²) >= 11 is 0. The van der Waals surface area contributed by atoms with Crippen LogP contribution in [-0.4, -0.2) is 66.0 Å². The van der Waals surface area contributed by atoms with Crippen molar-refractivity contribution < 1.29 is 33.4 Å². The lowest BCUT2D eigenvalue weighted by molar-refractivity contribution is -0.136. The number of benzene rings is 1. The molecule has 1 heterocycles. The number of carbonyl (C=O) groups is 5. The summed E-state index contributed by atoms with van der Waals surface area (Å²) in [6, 6.07) is 5.91. The van der Waals surface area contributed by atoms with Gasteiger partial charge in [-0.25, -0.2) is 4.79 Å². The molecule has 1 aromatic rings. The molecule has 0 aliphatic carbocycles. The van der Waals surface area contributed by atoms with E-state index in [1.165, 1.54) is 0 Å². The number of carbonyl (C=O) groups excluding carboxylic acids is 5.